The standard InChI is InChI=1S/C9H13BrO5.2C2H6/c1-5(11)14-6-3-7(9(12)13-2)15-8(10)4-6;2*1-2/h6-8H,3-4H2,1-2H3;2*1-2H3/t6-,7?,8+;;/m0../s1. The molecule has 0 saturated carbocycles. The van der Waals surface area contributed by atoms with Gasteiger partial charge in [0.15, 0.2) is 6.10 Å². The predicted octanol–water partition coefficient (Wildman–Crippen LogP) is 3.04. The van der Waals surface area contributed by atoms with Crippen molar-refractivity contribution >= 4 is 27.9 Å². The molecule has 1 aliphatic rings. The predicted molar refractivity (Wildman–Crippen MR) is 77.1 cm³/mol. The first-order chi connectivity index (χ1) is 9.02. The Morgan fingerprint density at radius 1 is 1.16 bits per heavy atom. The molecule has 0 aromatic heterocycles. The van der Waals surface area contributed by atoms with Gasteiger partial charge in [0.1, 0.15) is 11.1 Å². The summed E-state index contributed by atoms with van der Waals surface area (Å²) in [6.07, 6.45) is -0.0938. The quantitative estimate of drug-likeness (QED) is 0.571. The molecule has 1 aliphatic heterocycles. The maximum atomic E-state index is 11.2. The van der Waals surface area contributed by atoms with E-state index >= 15 is 0 Å². The Bertz CT molecular complexity index is 257. The number of hydrogen-bond donors (Lipinski definition) is 0. The third-order valence-electron chi connectivity index (χ3n) is 2.03. The number of carbonyl (C=O) groups excluding carboxylic acids is 2. The second kappa shape index (κ2) is 12.4. The summed E-state index contributed by atoms with van der Waals surface area (Å²) in [4.78, 5) is 22.0. The Hall–Kier alpha value is -0.620. The van der Waals surface area contributed by atoms with Crippen molar-refractivity contribution in [1.29, 1.82) is 0 Å². The molecule has 0 aliphatic carbocycles. The van der Waals surface area contributed by atoms with Crippen LogP contribution in [0.3, 0.4) is 0 Å². The van der Waals surface area contributed by atoms with Gasteiger partial charge in [-0.15, -0.1) is 0 Å². The van der Waals surface area contributed by atoms with Gasteiger partial charge in [0.05, 0.1) is 7.11 Å². The summed E-state index contributed by atoms with van der Waals surface area (Å²) in [5, 5.41) is -0.292. The van der Waals surface area contributed by atoms with Gasteiger partial charge in [0.2, 0.25) is 0 Å². The highest BCUT2D eigenvalue weighted by atomic mass is 79.9. The fraction of sp³-hybridized carbons (Fsp3) is 0.846. The maximum Gasteiger partial charge on any atom is 0.335 e. The van der Waals surface area contributed by atoms with Gasteiger partial charge in [-0.2, -0.15) is 0 Å². The Morgan fingerprint density at radius 2 is 1.68 bits per heavy atom. The molecule has 0 spiro atoms. The van der Waals surface area contributed by atoms with Crippen LogP contribution in [0.4, 0.5) is 0 Å². The molecule has 1 rings (SSSR count). The third kappa shape index (κ3) is 8.99. The summed E-state index contributed by atoms with van der Waals surface area (Å²) in [5.74, 6) is -0.804. The molecular weight excluding hydrogens is 316 g/mol. The van der Waals surface area contributed by atoms with Crippen molar-refractivity contribution in [2.24, 2.45) is 0 Å². The number of esters is 2. The number of hydrogen-bond acceptors (Lipinski definition) is 5. The van der Waals surface area contributed by atoms with Gasteiger partial charge in [-0.05, 0) is 0 Å². The molecule has 1 unspecified atom stereocenters. The van der Waals surface area contributed by atoms with E-state index in [0.717, 1.165) is 0 Å². The number of halogens is 1. The molecule has 114 valence electrons. The third-order valence-corrected chi connectivity index (χ3v) is 2.62. The van der Waals surface area contributed by atoms with Crippen LogP contribution in [0.25, 0.3) is 0 Å². The fourth-order valence-corrected chi connectivity index (χ4v) is 2.12. The monoisotopic (exact) mass is 340 g/mol. The Balaban J connectivity index is 0. The first-order valence-electron chi connectivity index (χ1n) is 6.57. The SMILES string of the molecule is CC.CC.COC(=O)C1C[C@H](OC(C)=O)C[C@H](Br)O1. The van der Waals surface area contributed by atoms with Crippen LogP contribution in [0.1, 0.15) is 47.5 Å². The van der Waals surface area contributed by atoms with Gasteiger partial charge >= 0.3 is 11.9 Å². The van der Waals surface area contributed by atoms with E-state index in [1.54, 1.807) is 0 Å². The summed E-state index contributed by atoms with van der Waals surface area (Å²) < 4.78 is 14.9. The molecule has 0 N–H and O–H groups in total. The molecule has 1 saturated heterocycles. The molecule has 1 fully saturated rings. The molecule has 0 aromatic carbocycles. The average Bonchev–Trinajstić information content (AvgIpc) is 2.41. The van der Waals surface area contributed by atoms with Crippen LogP contribution in [0, 0.1) is 0 Å². The molecule has 19 heavy (non-hydrogen) atoms. The summed E-state index contributed by atoms with van der Waals surface area (Å²) in [6.45, 7) is 9.34. The first kappa shape index (κ1) is 20.7. The molecule has 6 heteroatoms. The zero-order chi connectivity index (χ0) is 15.4. The summed E-state index contributed by atoms with van der Waals surface area (Å²) >= 11 is 3.24. The first-order valence-corrected chi connectivity index (χ1v) is 7.49. The number of rotatable bonds is 2. The van der Waals surface area contributed by atoms with Gasteiger partial charge in [0.25, 0.3) is 0 Å². The summed E-state index contributed by atoms with van der Waals surface area (Å²) in [7, 11) is 1.30. The van der Waals surface area contributed by atoms with Gasteiger partial charge in [-0.3, -0.25) is 4.79 Å². The Morgan fingerprint density at radius 3 is 2.11 bits per heavy atom. The lowest BCUT2D eigenvalue weighted by Gasteiger charge is -2.30. The molecule has 1 heterocycles. The lowest BCUT2D eigenvalue weighted by atomic mass is 10.1. The lowest BCUT2D eigenvalue weighted by molar-refractivity contribution is -0.170. The number of methoxy groups -OCH3 is 1. The lowest BCUT2D eigenvalue weighted by Crippen LogP contribution is -2.40. The van der Waals surface area contributed by atoms with Crippen LogP contribution in [-0.2, 0) is 23.8 Å². The molecular formula is C13H25BrO5. The molecule has 0 radical (unpaired) electrons. The van der Waals surface area contributed by atoms with Crippen LogP contribution >= 0.6 is 15.9 Å². The topological polar surface area (TPSA) is 61.8 Å². The van der Waals surface area contributed by atoms with E-state index in [1.165, 1.54) is 14.0 Å². The molecule has 0 bridgehead atoms. The number of carbonyl (C=O) groups is 2. The molecule has 5 nitrogen and oxygen atoms in total. The van der Waals surface area contributed by atoms with Crippen molar-refractivity contribution in [3.63, 3.8) is 0 Å². The van der Waals surface area contributed by atoms with Gasteiger partial charge in [-0.25, -0.2) is 4.79 Å². The van der Waals surface area contributed by atoms with Crippen molar-refractivity contribution in [1.82, 2.24) is 0 Å². The largest absolute Gasteiger partial charge is 0.467 e. The highest BCUT2D eigenvalue weighted by molar-refractivity contribution is 9.09. The highest BCUT2D eigenvalue weighted by Crippen LogP contribution is 2.26. The van der Waals surface area contributed by atoms with E-state index in [4.69, 9.17) is 9.47 Å². The number of ether oxygens (including phenoxy) is 3. The van der Waals surface area contributed by atoms with Gasteiger partial charge < -0.3 is 14.2 Å². The van der Waals surface area contributed by atoms with Crippen LogP contribution in [0.15, 0.2) is 0 Å². The highest BCUT2D eigenvalue weighted by Gasteiger charge is 2.34. The van der Waals surface area contributed by atoms with Gasteiger partial charge in [0, 0.05) is 19.8 Å². The second-order valence-corrected chi connectivity index (χ2v) is 4.28. The fourth-order valence-electron chi connectivity index (χ4n) is 1.45. The van der Waals surface area contributed by atoms with Crippen LogP contribution in [0.2, 0.25) is 0 Å². The minimum Gasteiger partial charge on any atom is -0.467 e. The molecule has 0 amide bonds. The second-order valence-electron chi connectivity index (χ2n) is 3.26. The molecule has 0 aromatic rings. The van der Waals surface area contributed by atoms with E-state index in [9.17, 15) is 9.59 Å². The minimum absolute atomic E-state index is 0.292. The van der Waals surface area contributed by atoms with Crippen molar-refractivity contribution in [2.75, 3.05) is 7.11 Å². The van der Waals surface area contributed by atoms with Crippen molar-refractivity contribution in [3.05, 3.63) is 0 Å². The van der Waals surface area contributed by atoms with Crippen molar-refractivity contribution in [3.8, 4) is 0 Å². The van der Waals surface area contributed by atoms with Crippen molar-refractivity contribution in [2.45, 2.75) is 64.7 Å². The van der Waals surface area contributed by atoms with E-state index in [-0.39, 0.29) is 17.1 Å². The Labute approximate surface area is 124 Å². The van der Waals surface area contributed by atoms with Crippen molar-refractivity contribution < 1.29 is 23.8 Å². The van der Waals surface area contributed by atoms with E-state index in [0.29, 0.717) is 12.8 Å². The van der Waals surface area contributed by atoms with E-state index in [1.807, 2.05) is 27.7 Å². The van der Waals surface area contributed by atoms with E-state index < -0.39 is 12.1 Å². The zero-order valence-electron chi connectivity index (χ0n) is 12.6. The van der Waals surface area contributed by atoms with Crippen LogP contribution in [-0.4, -0.2) is 36.3 Å². The number of alkyl halides is 1. The summed E-state index contributed by atoms with van der Waals surface area (Å²) in [5.41, 5.74) is 0. The minimum atomic E-state index is -0.669. The Kier molecular flexibility index (Phi) is 13.5. The van der Waals surface area contributed by atoms with Gasteiger partial charge in [-0.1, -0.05) is 43.6 Å². The summed E-state index contributed by atoms with van der Waals surface area (Å²) in [6, 6.07) is 0. The smallest absolute Gasteiger partial charge is 0.335 e. The van der Waals surface area contributed by atoms with Crippen LogP contribution < -0.4 is 0 Å². The average molecular weight is 341 g/mol. The zero-order valence-corrected chi connectivity index (χ0v) is 14.2. The maximum absolute atomic E-state index is 11.2. The van der Waals surface area contributed by atoms with Crippen LogP contribution in [0.5, 0.6) is 0 Å². The normalized spacial score (nSPS) is 24.9. The molecule has 3 atom stereocenters. The van der Waals surface area contributed by atoms with E-state index in [2.05, 4.69) is 20.7 Å².